The van der Waals surface area contributed by atoms with Crippen LogP contribution in [0, 0.1) is 0 Å². The van der Waals surface area contributed by atoms with E-state index in [0.717, 1.165) is 9.75 Å². The Kier molecular flexibility index (Phi) is 4.79. The molecule has 0 spiro atoms. The van der Waals surface area contributed by atoms with Crippen LogP contribution in [0.2, 0.25) is 0 Å². The molecule has 0 saturated heterocycles. The van der Waals surface area contributed by atoms with Gasteiger partial charge >= 0.3 is 51.4 Å². The van der Waals surface area contributed by atoms with E-state index in [0.29, 0.717) is 11.1 Å². The number of nitrogens with two attached hydrogens (primary N) is 1. The van der Waals surface area contributed by atoms with E-state index in [9.17, 15) is 9.59 Å². The van der Waals surface area contributed by atoms with E-state index >= 15 is 0 Å². The molecule has 0 saturated carbocycles. The first-order valence-electron chi connectivity index (χ1n) is 4.03. The number of fused-ring (bicyclic) bond motifs is 3. The van der Waals surface area contributed by atoms with Crippen molar-refractivity contribution in [3.63, 3.8) is 0 Å². The Hall–Kier alpha value is 0.336. The minimum Gasteiger partial charge on any atom is -0.693 e. The maximum atomic E-state index is 11.6. The van der Waals surface area contributed by atoms with Gasteiger partial charge in [0, 0.05) is 11.1 Å². The van der Waals surface area contributed by atoms with Crippen LogP contribution in [0.15, 0.2) is 22.9 Å². The first kappa shape index (κ1) is 14.4. The fourth-order valence-electron chi connectivity index (χ4n) is 1.57. The van der Waals surface area contributed by atoms with Crippen molar-refractivity contribution in [2.24, 2.45) is 0 Å². The summed E-state index contributed by atoms with van der Waals surface area (Å²) in [6, 6.07) is 3.45. The fraction of sp³-hybridized carbons (Fsp3) is 0. The molecule has 2 heterocycles. The Labute approximate surface area is 143 Å². The molecule has 76 valence electrons. The van der Waals surface area contributed by atoms with Crippen LogP contribution in [-0.2, 0) is 0 Å². The summed E-state index contributed by atoms with van der Waals surface area (Å²) in [4.78, 5) is 25.1. The first-order chi connectivity index (χ1) is 6.79. The molecular weight excluding hydrogens is 269 g/mol. The van der Waals surface area contributed by atoms with Gasteiger partial charge in [-0.1, -0.05) is 0 Å². The van der Waals surface area contributed by atoms with Crippen molar-refractivity contribution in [1.29, 1.82) is 0 Å². The van der Waals surface area contributed by atoms with Crippen molar-refractivity contribution in [2.75, 3.05) is 0 Å². The summed E-state index contributed by atoms with van der Waals surface area (Å²) in [5.41, 5.74) is 1.13. The van der Waals surface area contributed by atoms with Crippen molar-refractivity contribution in [3.8, 4) is 9.75 Å². The molecule has 3 nitrogen and oxygen atoms in total. The van der Waals surface area contributed by atoms with E-state index in [4.69, 9.17) is 0 Å². The normalized spacial score (nSPS) is 12.2. The molecule has 1 aliphatic rings. The van der Waals surface area contributed by atoms with Crippen LogP contribution in [0.1, 0.15) is 20.7 Å². The van der Waals surface area contributed by atoms with E-state index in [1.54, 1.807) is 12.1 Å². The van der Waals surface area contributed by atoms with E-state index in [-0.39, 0.29) is 69.1 Å². The summed E-state index contributed by atoms with van der Waals surface area (Å²) in [5.74, 6) is -0.737. The standard InChI is InChI=1S/C10H4O2S2.K.H2N/c11-7-5-1-3-13-9(5)10-6(8(7)12)2-4-14-10;;/h1-4H;;1H2/q;+1;-1. The monoisotopic (exact) mass is 275 g/mol. The number of carbonyl (C=O) groups is 2. The smallest absolute Gasteiger partial charge is 0.693 e. The molecule has 3 rings (SSSR count). The minimum atomic E-state index is -0.368. The van der Waals surface area contributed by atoms with Gasteiger partial charge in [-0.05, 0) is 22.9 Å². The maximum absolute atomic E-state index is 11.6. The number of thiophene rings is 2. The summed E-state index contributed by atoms with van der Waals surface area (Å²) in [7, 11) is 0. The number of carbonyl (C=O) groups excluding carboxylic acids is 2. The molecule has 0 aliphatic heterocycles. The second-order valence-corrected chi connectivity index (χ2v) is 4.82. The first-order valence-corrected chi connectivity index (χ1v) is 5.79. The van der Waals surface area contributed by atoms with E-state index in [1.165, 1.54) is 22.7 Å². The number of hydrogen-bond donors (Lipinski definition) is 0. The van der Waals surface area contributed by atoms with Gasteiger partial charge in [0.1, 0.15) is 0 Å². The van der Waals surface area contributed by atoms with Crippen molar-refractivity contribution >= 4 is 34.2 Å². The van der Waals surface area contributed by atoms with Gasteiger partial charge in [0.15, 0.2) is 0 Å². The van der Waals surface area contributed by atoms with Crippen LogP contribution in [0.25, 0.3) is 15.9 Å². The molecule has 0 radical (unpaired) electrons. The molecule has 16 heavy (non-hydrogen) atoms. The van der Waals surface area contributed by atoms with E-state index in [1.807, 2.05) is 10.8 Å². The molecule has 1 aliphatic carbocycles. The predicted octanol–water partition coefficient (Wildman–Crippen LogP) is 0.577. The van der Waals surface area contributed by atoms with Gasteiger partial charge in [0.05, 0.1) is 9.75 Å². The summed E-state index contributed by atoms with van der Waals surface area (Å²) in [6.07, 6.45) is 0. The third-order valence-corrected chi connectivity index (χ3v) is 4.23. The Morgan fingerprint density at radius 2 is 1.19 bits per heavy atom. The van der Waals surface area contributed by atoms with Crippen LogP contribution in [0.3, 0.4) is 0 Å². The van der Waals surface area contributed by atoms with Crippen LogP contribution in [0.5, 0.6) is 0 Å². The molecule has 2 aromatic rings. The molecule has 0 amide bonds. The number of Topliss-reactive ketones (excluding diaryl/α,β-unsaturated/α-hetero) is 2. The van der Waals surface area contributed by atoms with Crippen LogP contribution >= 0.6 is 22.7 Å². The average molecular weight is 275 g/mol. The van der Waals surface area contributed by atoms with Crippen molar-refractivity contribution in [2.45, 2.75) is 0 Å². The Morgan fingerprint density at radius 1 is 0.812 bits per heavy atom. The predicted molar refractivity (Wildman–Crippen MR) is 61.6 cm³/mol. The van der Waals surface area contributed by atoms with Gasteiger partial charge in [-0.3, -0.25) is 9.59 Å². The van der Waals surface area contributed by atoms with E-state index in [2.05, 4.69) is 0 Å². The second kappa shape index (κ2) is 5.32. The fourth-order valence-corrected chi connectivity index (χ4v) is 3.55. The zero-order valence-electron chi connectivity index (χ0n) is 8.52. The molecular formula is C10H6KNO2S2. The van der Waals surface area contributed by atoms with Crippen molar-refractivity contribution < 1.29 is 61.0 Å². The van der Waals surface area contributed by atoms with Gasteiger partial charge in [-0.15, -0.1) is 22.7 Å². The molecule has 0 unspecified atom stereocenters. The van der Waals surface area contributed by atoms with E-state index < -0.39 is 0 Å². The van der Waals surface area contributed by atoms with Gasteiger partial charge in [0.25, 0.3) is 0 Å². The Balaban J connectivity index is 0.000000640. The molecule has 0 fully saturated rings. The topological polar surface area (TPSA) is 67.6 Å². The van der Waals surface area contributed by atoms with Gasteiger partial charge in [0.2, 0.25) is 11.6 Å². The average Bonchev–Trinajstić information content (AvgIpc) is 2.80. The molecule has 0 atom stereocenters. The third-order valence-electron chi connectivity index (χ3n) is 2.23. The molecule has 2 aromatic heterocycles. The molecule has 0 aromatic carbocycles. The third kappa shape index (κ3) is 1.93. The molecule has 2 N–H and O–H groups in total. The Morgan fingerprint density at radius 3 is 1.56 bits per heavy atom. The molecule has 0 bridgehead atoms. The van der Waals surface area contributed by atoms with Crippen molar-refractivity contribution in [3.05, 3.63) is 40.2 Å². The SMILES string of the molecule is O=C1C(=O)c2ccsc2-c2sccc21.[K+].[NH2-]. The van der Waals surface area contributed by atoms with Crippen LogP contribution < -0.4 is 51.4 Å². The van der Waals surface area contributed by atoms with Crippen molar-refractivity contribution in [1.82, 2.24) is 0 Å². The maximum Gasteiger partial charge on any atom is 1.00 e. The largest absolute Gasteiger partial charge is 1.00 e. The Bertz CT molecular complexity index is 508. The summed E-state index contributed by atoms with van der Waals surface area (Å²) in [5, 5.41) is 3.70. The zero-order chi connectivity index (χ0) is 9.71. The summed E-state index contributed by atoms with van der Waals surface area (Å²) < 4.78 is 0. The van der Waals surface area contributed by atoms with Gasteiger partial charge in [-0.25, -0.2) is 0 Å². The minimum absolute atomic E-state index is 0. The summed E-state index contributed by atoms with van der Waals surface area (Å²) in [6.45, 7) is 0. The number of rotatable bonds is 0. The quantitative estimate of drug-likeness (QED) is 0.521. The van der Waals surface area contributed by atoms with Crippen LogP contribution in [0.4, 0.5) is 0 Å². The number of ketones is 2. The number of hydrogen-bond acceptors (Lipinski definition) is 4. The van der Waals surface area contributed by atoms with Crippen LogP contribution in [-0.4, -0.2) is 11.6 Å². The second-order valence-electron chi connectivity index (χ2n) is 2.99. The summed E-state index contributed by atoms with van der Waals surface area (Å²) >= 11 is 3.03. The molecule has 6 heteroatoms. The van der Waals surface area contributed by atoms with Gasteiger partial charge < -0.3 is 6.15 Å². The van der Waals surface area contributed by atoms with Gasteiger partial charge in [-0.2, -0.15) is 0 Å². The zero-order valence-corrected chi connectivity index (χ0v) is 13.3.